The van der Waals surface area contributed by atoms with Crippen LogP contribution in [-0.2, 0) is 11.3 Å². The zero-order chi connectivity index (χ0) is 16.1. The average molecular weight is 308 g/mol. The predicted molar refractivity (Wildman–Crippen MR) is 83.7 cm³/mol. The number of β-amino-alcohol motifs (C(OH)–C–C–N with tert-alkyl or cyclic N) is 1. The van der Waals surface area contributed by atoms with E-state index in [1.54, 1.807) is 12.1 Å². The molecule has 1 aromatic carbocycles. The van der Waals surface area contributed by atoms with Crippen LogP contribution >= 0.6 is 0 Å². The first-order valence-electron chi connectivity index (χ1n) is 7.88. The van der Waals surface area contributed by atoms with Crippen LogP contribution in [0.1, 0.15) is 25.8 Å². The Morgan fingerprint density at radius 2 is 2.00 bits per heavy atom. The highest BCUT2D eigenvalue weighted by atomic mass is 19.1. The molecule has 122 valence electrons. The second-order valence-electron chi connectivity index (χ2n) is 6.23. The smallest absolute Gasteiger partial charge is 0.224 e. The van der Waals surface area contributed by atoms with E-state index in [0.29, 0.717) is 32.0 Å². The van der Waals surface area contributed by atoms with Crippen molar-refractivity contribution in [3.63, 3.8) is 0 Å². The normalized spacial score (nSPS) is 20.5. The first-order chi connectivity index (χ1) is 10.5. The molecule has 0 bridgehead atoms. The Hall–Kier alpha value is -1.46. The van der Waals surface area contributed by atoms with Gasteiger partial charge in [0, 0.05) is 38.6 Å². The Morgan fingerprint density at radius 1 is 1.32 bits per heavy atom. The first-order valence-corrected chi connectivity index (χ1v) is 7.88. The summed E-state index contributed by atoms with van der Waals surface area (Å²) in [5.41, 5.74) is 0.941. The highest BCUT2D eigenvalue weighted by molar-refractivity contribution is 5.77. The number of aliphatic hydroxyl groups excluding tert-OH is 1. The summed E-state index contributed by atoms with van der Waals surface area (Å²) in [6, 6.07) is 6.43. The van der Waals surface area contributed by atoms with Gasteiger partial charge < -0.3 is 10.0 Å². The fourth-order valence-electron chi connectivity index (χ4n) is 2.94. The number of benzene rings is 1. The molecule has 0 aromatic heterocycles. The van der Waals surface area contributed by atoms with Crippen molar-refractivity contribution in [2.45, 2.75) is 32.9 Å². The van der Waals surface area contributed by atoms with Crippen molar-refractivity contribution in [1.82, 2.24) is 9.80 Å². The molecule has 0 aliphatic carbocycles. The van der Waals surface area contributed by atoms with Gasteiger partial charge in [-0.2, -0.15) is 0 Å². The van der Waals surface area contributed by atoms with Crippen LogP contribution < -0.4 is 0 Å². The topological polar surface area (TPSA) is 43.8 Å². The molecule has 22 heavy (non-hydrogen) atoms. The van der Waals surface area contributed by atoms with Crippen LogP contribution in [0.15, 0.2) is 24.3 Å². The Balaban J connectivity index is 2.17. The quantitative estimate of drug-likeness (QED) is 0.903. The minimum Gasteiger partial charge on any atom is -0.395 e. The predicted octanol–water partition coefficient (Wildman–Crippen LogP) is 1.88. The maximum atomic E-state index is 13.0. The lowest BCUT2D eigenvalue weighted by Gasteiger charge is -2.34. The largest absolute Gasteiger partial charge is 0.395 e. The summed E-state index contributed by atoms with van der Waals surface area (Å²) in [6.45, 7) is 6.89. The van der Waals surface area contributed by atoms with Crippen LogP contribution in [0, 0.1) is 11.7 Å². The maximum Gasteiger partial charge on any atom is 0.224 e. The lowest BCUT2D eigenvalue weighted by molar-refractivity contribution is -0.134. The third kappa shape index (κ3) is 4.27. The Kier molecular flexibility index (Phi) is 5.91. The van der Waals surface area contributed by atoms with Crippen LogP contribution in [0.3, 0.4) is 0 Å². The summed E-state index contributed by atoms with van der Waals surface area (Å²) in [7, 11) is 0. The van der Waals surface area contributed by atoms with Crippen LogP contribution in [-0.4, -0.2) is 53.1 Å². The third-order valence-electron chi connectivity index (χ3n) is 4.26. The Morgan fingerprint density at radius 3 is 2.59 bits per heavy atom. The highest BCUT2D eigenvalue weighted by Gasteiger charge is 2.31. The molecule has 1 aliphatic rings. The van der Waals surface area contributed by atoms with Gasteiger partial charge in [-0.25, -0.2) is 4.39 Å². The summed E-state index contributed by atoms with van der Waals surface area (Å²) < 4.78 is 13.0. The molecule has 4 nitrogen and oxygen atoms in total. The second kappa shape index (κ2) is 7.70. The first kappa shape index (κ1) is 16.9. The van der Waals surface area contributed by atoms with Gasteiger partial charge in [0.25, 0.3) is 0 Å². The van der Waals surface area contributed by atoms with Crippen LogP contribution in [0.4, 0.5) is 4.39 Å². The zero-order valence-corrected chi connectivity index (χ0v) is 13.3. The average Bonchev–Trinajstić information content (AvgIpc) is 2.63. The lowest BCUT2D eigenvalue weighted by Crippen LogP contribution is -2.46. The van der Waals surface area contributed by atoms with Crippen molar-refractivity contribution in [2.24, 2.45) is 5.92 Å². The molecule has 0 spiro atoms. The fourth-order valence-corrected chi connectivity index (χ4v) is 2.94. The van der Waals surface area contributed by atoms with E-state index < -0.39 is 0 Å². The van der Waals surface area contributed by atoms with Gasteiger partial charge in [0.05, 0.1) is 6.61 Å². The van der Waals surface area contributed by atoms with Crippen molar-refractivity contribution < 1.29 is 14.3 Å². The zero-order valence-electron chi connectivity index (χ0n) is 13.3. The molecule has 1 N–H and O–H groups in total. The van der Waals surface area contributed by atoms with Crippen LogP contribution in [0.2, 0.25) is 0 Å². The van der Waals surface area contributed by atoms with Gasteiger partial charge in [0.15, 0.2) is 0 Å². The van der Waals surface area contributed by atoms with Gasteiger partial charge in [-0.15, -0.1) is 0 Å². The number of rotatable bonds is 5. The van der Waals surface area contributed by atoms with E-state index >= 15 is 0 Å². The van der Waals surface area contributed by atoms with Crippen molar-refractivity contribution >= 4 is 5.91 Å². The molecule has 0 saturated carbocycles. The van der Waals surface area contributed by atoms with Gasteiger partial charge in [-0.1, -0.05) is 26.0 Å². The molecule has 1 heterocycles. The molecule has 2 rings (SSSR count). The number of amides is 1. The van der Waals surface area contributed by atoms with Gasteiger partial charge in [0.2, 0.25) is 5.91 Å². The SMILES string of the molecule is CC(C)C1CN(CCO)CCC(=O)N1Cc1ccc(F)cc1. The van der Waals surface area contributed by atoms with Gasteiger partial charge in [-0.05, 0) is 23.6 Å². The highest BCUT2D eigenvalue weighted by Crippen LogP contribution is 2.21. The fraction of sp³-hybridized carbons (Fsp3) is 0.588. The number of halogens is 1. The summed E-state index contributed by atoms with van der Waals surface area (Å²) in [6.07, 6.45) is 0.463. The maximum absolute atomic E-state index is 13.0. The number of carbonyl (C=O) groups excluding carboxylic acids is 1. The van der Waals surface area contributed by atoms with Crippen molar-refractivity contribution in [2.75, 3.05) is 26.2 Å². The molecule has 1 fully saturated rings. The number of carbonyl (C=O) groups is 1. The van der Waals surface area contributed by atoms with Crippen LogP contribution in [0.25, 0.3) is 0 Å². The van der Waals surface area contributed by atoms with Crippen molar-refractivity contribution in [3.05, 3.63) is 35.6 Å². The van der Waals surface area contributed by atoms with E-state index in [4.69, 9.17) is 5.11 Å². The minimum absolute atomic E-state index is 0.103. The summed E-state index contributed by atoms with van der Waals surface area (Å²) in [5.74, 6) is 0.188. The van der Waals surface area contributed by atoms with E-state index in [0.717, 1.165) is 12.1 Å². The molecule has 0 radical (unpaired) electrons. The lowest BCUT2D eigenvalue weighted by atomic mass is 10.0. The Labute approximate surface area is 131 Å². The number of aliphatic hydroxyl groups is 1. The van der Waals surface area contributed by atoms with E-state index in [-0.39, 0.29) is 24.4 Å². The van der Waals surface area contributed by atoms with Gasteiger partial charge in [0.1, 0.15) is 5.82 Å². The molecule has 1 saturated heterocycles. The Bertz CT molecular complexity index is 490. The molecule has 1 aromatic rings. The number of hydrogen-bond acceptors (Lipinski definition) is 3. The third-order valence-corrected chi connectivity index (χ3v) is 4.26. The standard InChI is InChI=1S/C17H25FN2O2/c1-13(2)16-12-19(9-10-21)8-7-17(22)20(16)11-14-3-5-15(18)6-4-14/h3-6,13,16,21H,7-12H2,1-2H3. The van der Waals surface area contributed by atoms with E-state index in [1.165, 1.54) is 12.1 Å². The molecule has 1 atom stereocenters. The van der Waals surface area contributed by atoms with E-state index in [9.17, 15) is 9.18 Å². The second-order valence-corrected chi connectivity index (χ2v) is 6.23. The van der Waals surface area contributed by atoms with Crippen LogP contribution in [0.5, 0.6) is 0 Å². The minimum atomic E-state index is -0.263. The number of nitrogens with zero attached hydrogens (tertiary/aromatic N) is 2. The monoisotopic (exact) mass is 308 g/mol. The number of hydrogen-bond donors (Lipinski definition) is 1. The van der Waals surface area contributed by atoms with Gasteiger partial charge >= 0.3 is 0 Å². The van der Waals surface area contributed by atoms with E-state index in [2.05, 4.69) is 18.7 Å². The van der Waals surface area contributed by atoms with E-state index in [1.807, 2.05) is 4.90 Å². The molecule has 1 aliphatic heterocycles. The molecule has 5 heteroatoms. The van der Waals surface area contributed by atoms with Crippen molar-refractivity contribution in [1.29, 1.82) is 0 Å². The van der Waals surface area contributed by atoms with Gasteiger partial charge in [-0.3, -0.25) is 9.69 Å². The summed E-state index contributed by atoms with van der Waals surface area (Å²) in [5, 5.41) is 9.15. The summed E-state index contributed by atoms with van der Waals surface area (Å²) in [4.78, 5) is 16.6. The molecular formula is C17H25FN2O2. The molecule has 1 unspecified atom stereocenters. The van der Waals surface area contributed by atoms with Crippen molar-refractivity contribution in [3.8, 4) is 0 Å². The molecule has 1 amide bonds. The summed E-state index contributed by atoms with van der Waals surface area (Å²) >= 11 is 0. The molecular weight excluding hydrogens is 283 g/mol.